The topological polar surface area (TPSA) is 101 Å². The number of nitrogens with zero attached hydrogens (tertiary/aromatic N) is 2. The summed E-state index contributed by atoms with van der Waals surface area (Å²) in [6, 6.07) is 8.48. The van der Waals surface area contributed by atoms with Gasteiger partial charge in [0.05, 0.1) is 11.5 Å². The fourth-order valence-electron chi connectivity index (χ4n) is 2.79. The number of aryl methyl sites for hydroxylation is 2. The zero-order valence-corrected chi connectivity index (χ0v) is 14.9. The maximum absolute atomic E-state index is 12.2. The van der Waals surface area contributed by atoms with Crippen LogP contribution in [-0.4, -0.2) is 41.8 Å². The molecule has 25 heavy (non-hydrogen) atoms. The lowest BCUT2D eigenvalue weighted by Crippen LogP contribution is -2.35. The minimum absolute atomic E-state index is 0.0163. The molecule has 1 aromatic carbocycles. The van der Waals surface area contributed by atoms with Gasteiger partial charge in [-0.1, -0.05) is 0 Å². The molecule has 2 heterocycles. The van der Waals surface area contributed by atoms with Crippen molar-refractivity contribution in [3.63, 3.8) is 0 Å². The van der Waals surface area contributed by atoms with E-state index in [9.17, 15) is 13.2 Å². The number of hydrogen-bond donors (Lipinski definition) is 2. The quantitative estimate of drug-likeness (QED) is 0.861. The standard InChI is InChI=1S/C17H20N4O3S/c1-11-9-12(2)19-17(18-11)21-14-5-3-13(4-6-14)16(22)20-15-7-8-25(23,24)10-15/h3-6,9,15H,7-8,10H2,1-2H3,(H,20,22)(H,18,19,21)/t15-/m0/s1. The van der Waals surface area contributed by atoms with Crippen molar-refractivity contribution in [2.45, 2.75) is 26.3 Å². The predicted molar refractivity (Wildman–Crippen MR) is 95.8 cm³/mol. The number of hydrogen-bond acceptors (Lipinski definition) is 6. The molecule has 132 valence electrons. The van der Waals surface area contributed by atoms with E-state index in [4.69, 9.17) is 0 Å². The number of rotatable bonds is 4. The van der Waals surface area contributed by atoms with E-state index in [0.717, 1.165) is 17.1 Å². The van der Waals surface area contributed by atoms with Gasteiger partial charge in [-0.2, -0.15) is 0 Å². The van der Waals surface area contributed by atoms with Crippen molar-refractivity contribution in [3.05, 3.63) is 47.3 Å². The van der Waals surface area contributed by atoms with Gasteiger partial charge in [0.25, 0.3) is 5.91 Å². The second kappa shape index (κ2) is 6.79. The van der Waals surface area contributed by atoms with E-state index in [-0.39, 0.29) is 23.5 Å². The Hall–Kier alpha value is -2.48. The van der Waals surface area contributed by atoms with Crippen molar-refractivity contribution in [3.8, 4) is 0 Å². The molecular weight excluding hydrogens is 340 g/mol. The molecule has 0 bridgehead atoms. The minimum atomic E-state index is -3.01. The summed E-state index contributed by atoms with van der Waals surface area (Å²) in [5, 5.41) is 5.87. The lowest BCUT2D eigenvalue weighted by atomic mass is 10.1. The first kappa shape index (κ1) is 17.3. The van der Waals surface area contributed by atoms with Crippen molar-refractivity contribution in [2.75, 3.05) is 16.8 Å². The van der Waals surface area contributed by atoms with Crippen LogP contribution in [0, 0.1) is 13.8 Å². The van der Waals surface area contributed by atoms with Gasteiger partial charge in [-0.25, -0.2) is 18.4 Å². The summed E-state index contributed by atoms with van der Waals surface area (Å²) in [5.74, 6) is 0.390. The molecule has 1 atom stereocenters. The summed E-state index contributed by atoms with van der Waals surface area (Å²) in [5.41, 5.74) is 3.00. The van der Waals surface area contributed by atoms with E-state index in [1.54, 1.807) is 24.3 Å². The van der Waals surface area contributed by atoms with Gasteiger partial charge in [0.1, 0.15) is 0 Å². The van der Waals surface area contributed by atoms with Gasteiger partial charge in [-0.05, 0) is 50.6 Å². The first-order chi connectivity index (χ1) is 11.8. The largest absolute Gasteiger partial charge is 0.348 e. The molecule has 0 saturated carbocycles. The van der Waals surface area contributed by atoms with Crippen LogP contribution in [0.1, 0.15) is 28.2 Å². The summed E-state index contributed by atoms with van der Waals surface area (Å²) < 4.78 is 22.9. The molecule has 1 aromatic heterocycles. The SMILES string of the molecule is Cc1cc(C)nc(Nc2ccc(C(=O)N[C@H]3CCS(=O)(=O)C3)cc2)n1. The van der Waals surface area contributed by atoms with E-state index in [1.807, 2.05) is 19.9 Å². The van der Waals surface area contributed by atoms with E-state index in [0.29, 0.717) is 17.9 Å². The van der Waals surface area contributed by atoms with E-state index >= 15 is 0 Å². The van der Waals surface area contributed by atoms with Crippen molar-refractivity contribution in [2.24, 2.45) is 0 Å². The van der Waals surface area contributed by atoms with Crippen LogP contribution in [-0.2, 0) is 9.84 Å². The number of carbonyl (C=O) groups is 1. The molecule has 0 unspecified atom stereocenters. The number of carbonyl (C=O) groups excluding carboxylic acids is 1. The van der Waals surface area contributed by atoms with Gasteiger partial charge in [-0.3, -0.25) is 4.79 Å². The molecule has 0 aliphatic carbocycles. The van der Waals surface area contributed by atoms with Gasteiger partial charge >= 0.3 is 0 Å². The molecule has 1 aliphatic rings. The Labute approximate surface area is 146 Å². The normalized spacial score (nSPS) is 18.7. The van der Waals surface area contributed by atoms with E-state index in [1.165, 1.54) is 0 Å². The van der Waals surface area contributed by atoms with E-state index < -0.39 is 9.84 Å². The lowest BCUT2D eigenvalue weighted by Gasteiger charge is -2.11. The zero-order chi connectivity index (χ0) is 18.0. The van der Waals surface area contributed by atoms with Gasteiger partial charge in [-0.15, -0.1) is 0 Å². The Bertz CT molecular complexity index is 874. The second-order valence-electron chi connectivity index (χ2n) is 6.25. The lowest BCUT2D eigenvalue weighted by molar-refractivity contribution is 0.0941. The maximum atomic E-state index is 12.2. The molecule has 8 heteroatoms. The molecular formula is C17H20N4O3S. The summed E-state index contributed by atoms with van der Waals surface area (Å²) in [4.78, 5) is 20.8. The highest BCUT2D eigenvalue weighted by molar-refractivity contribution is 7.91. The van der Waals surface area contributed by atoms with Crippen molar-refractivity contribution >= 4 is 27.4 Å². The fourth-order valence-corrected chi connectivity index (χ4v) is 4.47. The van der Waals surface area contributed by atoms with Crippen LogP contribution >= 0.6 is 0 Å². The van der Waals surface area contributed by atoms with Gasteiger partial charge in [0, 0.05) is 28.7 Å². The summed E-state index contributed by atoms with van der Waals surface area (Å²) in [7, 11) is -3.01. The minimum Gasteiger partial charge on any atom is -0.348 e. The highest BCUT2D eigenvalue weighted by atomic mass is 32.2. The number of benzene rings is 1. The molecule has 7 nitrogen and oxygen atoms in total. The average molecular weight is 360 g/mol. The smallest absolute Gasteiger partial charge is 0.251 e. The van der Waals surface area contributed by atoms with Crippen LogP contribution in [0.2, 0.25) is 0 Å². The summed E-state index contributed by atoms with van der Waals surface area (Å²) >= 11 is 0. The molecule has 0 spiro atoms. The molecule has 1 amide bonds. The molecule has 2 aromatic rings. The molecule has 1 fully saturated rings. The highest BCUT2D eigenvalue weighted by Gasteiger charge is 2.29. The Balaban J connectivity index is 1.64. The van der Waals surface area contributed by atoms with Crippen molar-refractivity contribution in [1.82, 2.24) is 15.3 Å². The predicted octanol–water partition coefficient (Wildman–Crippen LogP) is 1.75. The van der Waals surface area contributed by atoms with Crippen LogP contribution in [0.3, 0.4) is 0 Å². The van der Waals surface area contributed by atoms with Crippen molar-refractivity contribution < 1.29 is 13.2 Å². The van der Waals surface area contributed by atoms with Gasteiger partial charge in [0.2, 0.25) is 5.95 Å². The summed E-state index contributed by atoms with van der Waals surface area (Å²) in [6.07, 6.45) is 0.470. The molecule has 1 saturated heterocycles. The summed E-state index contributed by atoms with van der Waals surface area (Å²) in [6.45, 7) is 3.80. The van der Waals surface area contributed by atoms with Crippen LogP contribution < -0.4 is 10.6 Å². The third-order valence-corrected chi connectivity index (χ3v) is 5.72. The zero-order valence-electron chi connectivity index (χ0n) is 14.1. The van der Waals surface area contributed by atoms with Gasteiger partial charge < -0.3 is 10.6 Å². The first-order valence-corrected chi connectivity index (χ1v) is 9.83. The first-order valence-electron chi connectivity index (χ1n) is 8.01. The second-order valence-corrected chi connectivity index (χ2v) is 8.48. The van der Waals surface area contributed by atoms with Crippen LogP contribution in [0.15, 0.2) is 30.3 Å². The number of amides is 1. The van der Waals surface area contributed by atoms with Gasteiger partial charge in [0.15, 0.2) is 9.84 Å². The third kappa shape index (κ3) is 4.54. The van der Waals surface area contributed by atoms with E-state index in [2.05, 4.69) is 20.6 Å². The Kier molecular flexibility index (Phi) is 4.71. The number of nitrogens with one attached hydrogen (secondary N) is 2. The van der Waals surface area contributed by atoms with Crippen molar-refractivity contribution in [1.29, 1.82) is 0 Å². The third-order valence-electron chi connectivity index (χ3n) is 3.95. The fraction of sp³-hybridized carbons (Fsp3) is 0.353. The Morgan fingerprint density at radius 3 is 2.32 bits per heavy atom. The molecule has 1 aliphatic heterocycles. The Morgan fingerprint density at radius 1 is 1.12 bits per heavy atom. The number of anilines is 2. The monoisotopic (exact) mass is 360 g/mol. The Morgan fingerprint density at radius 2 is 1.76 bits per heavy atom. The highest BCUT2D eigenvalue weighted by Crippen LogP contribution is 2.16. The molecule has 0 radical (unpaired) electrons. The van der Waals surface area contributed by atoms with Crippen LogP contribution in [0.4, 0.5) is 11.6 Å². The number of sulfone groups is 1. The van der Waals surface area contributed by atoms with Crippen LogP contribution in [0.5, 0.6) is 0 Å². The molecule has 2 N–H and O–H groups in total. The molecule has 3 rings (SSSR count). The van der Waals surface area contributed by atoms with Crippen LogP contribution in [0.25, 0.3) is 0 Å². The maximum Gasteiger partial charge on any atom is 0.251 e. The number of aromatic nitrogens is 2. The average Bonchev–Trinajstić information content (AvgIpc) is 2.85.